The van der Waals surface area contributed by atoms with Gasteiger partial charge in [0.1, 0.15) is 0 Å². The first-order valence-corrected chi connectivity index (χ1v) is 10.2. The van der Waals surface area contributed by atoms with Gasteiger partial charge in [0.05, 0.1) is 5.41 Å². The van der Waals surface area contributed by atoms with Crippen molar-refractivity contribution in [1.82, 2.24) is 15.3 Å². The van der Waals surface area contributed by atoms with Crippen molar-refractivity contribution in [3.63, 3.8) is 0 Å². The number of anilines is 1. The van der Waals surface area contributed by atoms with Gasteiger partial charge in [-0.25, -0.2) is 9.97 Å². The van der Waals surface area contributed by atoms with Gasteiger partial charge in [-0.3, -0.25) is 4.79 Å². The van der Waals surface area contributed by atoms with Crippen LogP contribution in [0.25, 0.3) is 0 Å². The van der Waals surface area contributed by atoms with Crippen molar-refractivity contribution in [2.75, 3.05) is 18.0 Å². The van der Waals surface area contributed by atoms with Gasteiger partial charge in [0.25, 0.3) is 0 Å². The molecule has 5 nitrogen and oxygen atoms in total. The second kappa shape index (κ2) is 6.48. The monoisotopic (exact) mass is 382 g/mol. The fourth-order valence-electron chi connectivity index (χ4n) is 4.04. The van der Waals surface area contributed by atoms with Crippen molar-refractivity contribution >= 4 is 23.5 Å². The van der Waals surface area contributed by atoms with E-state index in [0.29, 0.717) is 10.9 Å². The first kappa shape index (κ1) is 17.0. The summed E-state index contributed by atoms with van der Waals surface area (Å²) in [7, 11) is 0. The first-order chi connectivity index (χ1) is 13.1. The first-order valence-electron chi connectivity index (χ1n) is 9.79. The molecule has 0 spiro atoms. The normalized spacial score (nSPS) is 23.3. The number of halogens is 1. The molecule has 1 atom stereocenters. The van der Waals surface area contributed by atoms with E-state index in [0.717, 1.165) is 49.6 Å². The molecule has 3 fully saturated rings. The summed E-state index contributed by atoms with van der Waals surface area (Å²) < 4.78 is 0. The molecule has 1 amide bonds. The second-order valence-corrected chi connectivity index (χ2v) is 8.49. The number of nitrogens with zero attached hydrogens (tertiary/aromatic N) is 3. The fraction of sp³-hybridized carbons (Fsp3) is 0.476. The van der Waals surface area contributed by atoms with Crippen LogP contribution in [0.15, 0.2) is 36.5 Å². The highest BCUT2D eigenvalue weighted by atomic mass is 35.5. The highest BCUT2D eigenvalue weighted by Gasteiger charge is 2.51. The van der Waals surface area contributed by atoms with Gasteiger partial charge in [-0.05, 0) is 55.9 Å². The molecule has 5 rings (SSSR count). The maximum atomic E-state index is 13.0. The smallest absolute Gasteiger partial charge is 0.230 e. The van der Waals surface area contributed by atoms with E-state index in [4.69, 9.17) is 16.6 Å². The van der Waals surface area contributed by atoms with Gasteiger partial charge >= 0.3 is 0 Å². The van der Waals surface area contributed by atoms with Crippen LogP contribution in [-0.4, -0.2) is 35.0 Å². The predicted octanol–water partition coefficient (Wildman–Crippen LogP) is 3.43. The standard InChI is InChI=1S/C21H23ClN4O/c22-16-5-3-15(4-6-16)21(9-10-21)19(27)24-17-8-12-26(13-17)20-23-11-7-18(25-20)14-1-2-14/h3-7,11,14,17H,1-2,8-10,12-13H2,(H,24,27). The predicted molar refractivity (Wildman–Crippen MR) is 105 cm³/mol. The van der Waals surface area contributed by atoms with Crippen molar-refractivity contribution in [3.05, 3.63) is 52.8 Å². The number of amides is 1. The minimum absolute atomic E-state index is 0.143. The van der Waals surface area contributed by atoms with Crippen LogP contribution < -0.4 is 10.2 Å². The van der Waals surface area contributed by atoms with Gasteiger partial charge in [0.2, 0.25) is 11.9 Å². The van der Waals surface area contributed by atoms with Crippen molar-refractivity contribution in [2.24, 2.45) is 0 Å². The van der Waals surface area contributed by atoms with E-state index in [-0.39, 0.29) is 17.4 Å². The molecule has 6 heteroatoms. The molecule has 2 heterocycles. The molecule has 27 heavy (non-hydrogen) atoms. The lowest BCUT2D eigenvalue weighted by Crippen LogP contribution is -2.43. The van der Waals surface area contributed by atoms with Gasteiger partial charge in [-0.2, -0.15) is 0 Å². The molecule has 0 radical (unpaired) electrons. The van der Waals surface area contributed by atoms with Crippen LogP contribution in [0.3, 0.4) is 0 Å². The van der Waals surface area contributed by atoms with Crippen LogP contribution in [-0.2, 0) is 10.2 Å². The molecule has 1 N–H and O–H groups in total. The SMILES string of the molecule is O=C(NC1CCN(c2nccc(C3CC3)n2)C1)C1(c2ccc(Cl)cc2)CC1. The Hall–Kier alpha value is -2.14. The Kier molecular flexibility index (Phi) is 4.08. The summed E-state index contributed by atoms with van der Waals surface area (Å²) in [5.41, 5.74) is 1.87. The Morgan fingerprint density at radius 2 is 1.93 bits per heavy atom. The number of hydrogen-bond donors (Lipinski definition) is 1. The maximum Gasteiger partial charge on any atom is 0.230 e. The molecule has 1 aliphatic heterocycles. The zero-order valence-electron chi connectivity index (χ0n) is 15.2. The molecule has 140 valence electrons. The number of benzene rings is 1. The molecular formula is C21H23ClN4O. The van der Waals surface area contributed by atoms with Crippen LogP contribution in [0.4, 0.5) is 5.95 Å². The average Bonchev–Trinajstić information content (AvgIpc) is 3.60. The molecule has 2 saturated carbocycles. The number of rotatable bonds is 5. The van der Waals surface area contributed by atoms with E-state index in [1.54, 1.807) is 0 Å². The number of carbonyl (C=O) groups is 1. The summed E-state index contributed by atoms with van der Waals surface area (Å²) in [6, 6.07) is 9.87. The average molecular weight is 383 g/mol. The lowest BCUT2D eigenvalue weighted by atomic mass is 9.94. The minimum Gasteiger partial charge on any atom is -0.351 e. The summed E-state index contributed by atoms with van der Waals surface area (Å²) in [6.07, 6.45) is 7.08. The van der Waals surface area contributed by atoms with E-state index >= 15 is 0 Å². The molecule has 1 saturated heterocycles. The van der Waals surface area contributed by atoms with Crippen molar-refractivity contribution in [3.8, 4) is 0 Å². The Labute approximate surface area is 164 Å². The minimum atomic E-state index is -0.361. The van der Waals surface area contributed by atoms with Crippen molar-refractivity contribution in [2.45, 2.75) is 49.5 Å². The summed E-state index contributed by atoms with van der Waals surface area (Å²) in [6.45, 7) is 1.66. The zero-order chi connectivity index (χ0) is 18.4. The van der Waals surface area contributed by atoms with E-state index in [9.17, 15) is 4.79 Å². The van der Waals surface area contributed by atoms with Crippen LogP contribution in [0.5, 0.6) is 0 Å². The van der Waals surface area contributed by atoms with E-state index in [1.807, 2.05) is 36.5 Å². The number of aromatic nitrogens is 2. The quantitative estimate of drug-likeness (QED) is 0.860. The number of carbonyl (C=O) groups excluding carboxylic acids is 1. The van der Waals surface area contributed by atoms with Gasteiger partial charge in [0.15, 0.2) is 0 Å². The molecular weight excluding hydrogens is 360 g/mol. The molecule has 1 unspecified atom stereocenters. The van der Waals surface area contributed by atoms with Gasteiger partial charge in [-0.15, -0.1) is 0 Å². The fourth-order valence-corrected chi connectivity index (χ4v) is 4.17. The Bertz CT molecular complexity index is 861. The van der Waals surface area contributed by atoms with Crippen molar-refractivity contribution < 1.29 is 4.79 Å². The molecule has 1 aromatic heterocycles. The number of nitrogens with one attached hydrogen (secondary N) is 1. The lowest BCUT2D eigenvalue weighted by molar-refractivity contribution is -0.124. The van der Waals surface area contributed by atoms with E-state index < -0.39 is 0 Å². The Morgan fingerprint density at radius 1 is 1.15 bits per heavy atom. The van der Waals surface area contributed by atoms with Crippen LogP contribution in [0.2, 0.25) is 5.02 Å². The molecule has 0 bridgehead atoms. The summed E-state index contributed by atoms with van der Waals surface area (Å²) in [4.78, 5) is 24.4. The van der Waals surface area contributed by atoms with Gasteiger partial charge < -0.3 is 10.2 Å². The van der Waals surface area contributed by atoms with Crippen LogP contribution in [0, 0.1) is 0 Å². The van der Waals surface area contributed by atoms with Gasteiger partial charge in [-0.1, -0.05) is 23.7 Å². The molecule has 2 aliphatic carbocycles. The molecule has 2 aromatic rings. The third-order valence-corrected chi connectivity index (χ3v) is 6.30. The van der Waals surface area contributed by atoms with Crippen LogP contribution in [0.1, 0.15) is 49.3 Å². The largest absolute Gasteiger partial charge is 0.351 e. The summed E-state index contributed by atoms with van der Waals surface area (Å²) in [5.74, 6) is 1.57. The highest BCUT2D eigenvalue weighted by molar-refractivity contribution is 6.30. The zero-order valence-corrected chi connectivity index (χ0v) is 16.0. The topological polar surface area (TPSA) is 58.1 Å². The van der Waals surface area contributed by atoms with Crippen LogP contribution >= 0.6 is 11.6 Å². The third-order valence-electron chi connectivity index (χ3n) is 6.05. The highest BCUT2D eigenvalue weighted by Crippen LogP contribution is 2.48. The second-order valence-electron chi connectivity index (χ2n) is 8.05. The van der Waals surface area contributed by atoms with Gasteiger partial charge in [0, 0.05) is 42.0 Å². The number of hydrogen-bond acceptors (Lipinski definition) is 4. The van der Waals surface area contributed by atoms with E-state index in [2.05, 4.69) is 15.2 Å². The summed E-state index contributed by atoms with van der Waals surface area (Å²) >= 11 is 5.99. The Balaban J connectivity index is 1.24. The third kappa shape index (κ3) is 3.29. The van der Waals surface area contributed by atoms with E-state index in [1.165, 1.54) is 12.8 Å². The summed E-state index contributed by atoms with van der Waals surface area (Å²) in [5, 5.41) is 3.98. The lowest BCUT2D eigenvalue weighted by Gasteiger charge is -2.21. The maximum absolute atomic E-state index is 13.0. The van der Waals surface area contributed by atoms with Crippen molar-refractivity contribution in [1.29, 1.82) is 0 Å². The molecule has 3 aliphatic rings. The Morgan fingerprint density at radius 3 is 2.63 bits per heavy atom. The molecule has 1 aromatic carbocycles.